The Bertz CT molecular complexity index is 525. The first kappa shape index (κ1) is 16.5. The van der Waals surface area contributed by atoms with Crippen molar-refractivity contribution >= 4 is 28.7 Å². The smallest absolute Gasteiger partial charge is 0.410 e. The number of nitrogens with one attached hydrogen (secondary N) is 1. The number of ether oxygens (including phenoxy) is 1. The molecule has 1 aromatic rings. The van der Waals surface area contributed by atoms with E-state index in [-0.39, 0.29) is 12.1 Å². The third-order valence-electron chi connectivity index (χ3n) is 3.54. The van der Waals surface area contributed by atoms with Crippen LogP contribution in [0.3, 0.4) is 0 Å². The van der Waals surface area contributed by atoms with Gasteiger partial charge in [-0.15, -0.1) is 0 Å². The zero-order valence-corrected chi connectivity index (χ0v) is 15.2. The van der Waals surface area contributed by atoms with Crippen molar-refractivity contribution in [1.29, 1.82) is 0 Å². The average molecular weight is 402 g/mol. The molecule has 116 valence electrons. The molecule has 0 radical (unpaired) electrons. The molecule has 21 heavy (non-hydrogen) atoms. The van der Waals surface area contributed by atoms with Gasteiger partial charge in [-0.25, -0.2) is 4.79 Å². The van der Waals surface area contributed by atoms with Crippen LogP contribution in [0.2, 0.25) is 0 Å². The van der Waals surface area contributed by atoms with Crippen LogP contribution < -0.4 is 5.32 Å². The highest BCUT2D eigenvalue weighted by Gasteiger charge is 2.28. The molecule has 0 bridgehead atoms. The molecule has 1 aromatic carbocycles. The van der Waals surface area contributed by atoms with Gasteiger partial charge in [0, 0.05) is 16.7 Å². The van der Waals surface area contributed by atoms with E-state index in [2.05, 4.69) is 46.1 Å². The summed E-state index contributed by atoms with van der Waals surface area (Å²) in [6.07, 6.45) is 0.634. The van der Waals surface area contributed by atoms with Crippen molar-refractivity contribution in [1.82, 2.24) is 10.2 Å². The second-order valence-electron chi connectivity index (χ2n) is 6.36. The zero-order chi connectivity index (χ0) is 15.6. The summed E-state index contributed by atoms with van der Waals surface area (Å²) in [6, 6.07) is 6.63. The number of hydrogen-bond acceptors (Lipinski definition) is 3. The van der Waals surface area contributed by atoms with E-state index in [0.717, 1.165) is 6.42 Å². The first-order valence-corrected chi connectivity index (χ1v) is 8.31. The molecule has 1 amide bonds. The molecule has 1 aliphatic heterocycles. The van der Waals surface area contributed by atoms with Crippen LogP contribution >= 0.6 is 22.6 Å². The number of hydrogen-bond donors (Lipinski definition) is 1. The van der Waals surface area contributed by atoms with Crippen LogP contribution in [0.25, 0.3) is 0 Å². The molecule has 0 saturated carbocycles. The van der Waals surface area contributed by atoms with Gasteiger partial charge in [0.1, 0.15) is 5.60 Å². The number of nitrogens with zero attached hydrogens (tertiary/aromatic N) is 1. The largest absolute Gasteiger partial charge is 0.444 e. The van der Waals surface area contributed by atoms with Crippen molar-refractivity contribution in [2.45, 2.75) is 38.8 Å². The Labute approximate surface area is 140 Å². The van der Waals surface area contributed by atoms with Crippen LogP contribution in [-0.4, -0.2) is 36.7 Å². The molecule has 1 atom stereocenters. The van der Waals surface area contributed by atoms with Crippen LogP contribution in [0.15, 0.2) is 18.2 Å². The van der Waals surface area contributed by atoms with Crippen molar-refractivity contribution < 1.29 is 9.53 Å². The van der Waals surface area contributed by atoms with Crippen LogP contribution in [0.5, 0.6) is 0 Å². The van der Waals surface area contributed by atoms with E-state index in [1.54, 1.807) is 4.90 Å². The van der Waals surface area contributed by atoms with Crippen molar-refractivity contribution in [2.75, 3.05) is 20.1 Å². The highest BCUT2D eigenvalue weighted by Crippen LogP contribution is 2.26. The van der Waals surface area contributed by atoms with E-state index in [4.69, 9.17) is 4.74 Å². The summed E-state index contributed by atoms with van der Waals surface area (Å²) in [5.41, 5.74) is 2.14. The molecule has 0 saturated heterocycles. The number of halogens is 1. The number of benzene rings is 1. The van der Waals surface area contributed by atoms with Crippen molar-refractivity contribution in [2.24, 2.45) is 0 Å². The maximum atomic E-state index is 12.3. The van der Waals surface area contributed by atoms with Crippen molar-refractivity contribution in [3.8, 4) is 0 Å². The Hall–Kier alpha value is -0.820. The molecule has 1 heterocycles. The number of fused-ring (bicyclic) bond motifs is 1. The Balaban J connectivity index is 2.20. The predicted molar refractivity (Wildman–Crippen MR) is 92.5 cm³/mol. The van der Waals surface area contributed by atoms with Gasteiger partial charge in [-0.2, -0.15) is 0 Å². The van der Waals surface area contributed by atoms with E-state index >= 15 is 0 Å². The third-order valence-corrected chi connectivity index (χ3v) is 4.21. The average Bonchev–Trinajstić information content (AvgIpc) is 2.55. The summed E-state index contributed by atoms with van der Waals surface area (Å²) < 4.78 is 6.73. The third kappa shape index (κ3) is 4.32. The first-order valence-electron chi connectivity index (χ1n) is 7.23. The Morgan fingerprint density at radius 1 is 1.43 bits per heavy atom. The molecule has 5 heteroatoms. The molecule has 4 nitrogen and oxygen atoms in total. The molecule has 2 rings (SSSR count). The lowest BCUT2D eigenvalue weighted by atomic mass is 10.00. The van der Waals surface area contributed by atoms with Gasteiger partial charge in [0.25, 0.3) is 0 Å². The Morgan fingerprint density at radius 2 is 2.14 bits per heavy atom. The molecular weight excluding hydrogens is 379 g/mol. The second kappa shape index (κ2) is 6.52. The van der Waals surface area contributed by atoms with Gasteiger partial charge in [0.2, 0.25) is 0 Å². The highest BCUT2D eigenvalue weighted by atomic mass is 127. The standard InChI is InChI=1S/C16H23IN2O2/c1-16(2,3)21-15(20)19-8-7-11-5-6-12(17)9-13(11)14(10-19)18-4/h5-6,9,14,18H,7-8,10H2,1-4H3. The first-order chi connectivity index (χ1) is 9.80. The van der Waals surface area contributed by atoms with Gasteiger partial charge in [-0.1, -0.05) is 6.07 Å². The minimum Gasteiger partial charge on any atom is -0.444 e. The molecule has 1 unspecified atom stereocenters. The maximum Gasteiger partial charge on any atom is 0.410 e. The van der Waals surface area contributed by atoms with Crippen molar-refractivity contribution in [3.63, 3.8) is 0 Å². The number of likely N-dealkylation sites (N-methyl/N-ethyl adjacent to an activating group) is 1. The van der Waals surface area contributed by atoms with Crippen LogP contribution in [-0.2, 0) is 11.2 Å². The molecule has 0 spiro atoms. The molecule has 0 aromatic heterocycles. The minimum absolute atomic E-state index is 0.143. The lowest BCUT2D eigenvalue weighted by Gasteiger charge is -2.28. The lowest BCUT2D eigenvalue weighted by Crippen LogP contribution is -2.41. The van der Waals surface area contributed by atoms with Crippen LogP contribution in [0, 0.1) is 3.57 Å². The van der Waals surface area contributed by atoms with Gasteiger partial charge in [0.15, 0.2) is 0 Å². The van der Waals surface area contributed by atoms with E-state index in [1.807, 2.05) is 27.8 Å². The summed E-state index contributed by atoms with van der Waals surface area (Å²) in [5, 5.41) is 3.32. The summed E-state index contributed by atoms with van der Waals surface area (Å²) >= 11 is 2.33. The summed E-state index contributed by atoms with van der Waals surface area (Å²) in [4.78, 5) is 14.1. The minimum atomic E-state index is -0.458. The van der Waals surface area contributed by atoms with E-state index < -0.39 is 5.60 Å². The predicted octanol–water partition coefficient (Wildman–Crippen LogP) is 3.34. The van der Waals surface area contributed by atoms with E-state index in [1.165, 1.54) is 14.7 Å². The number of carbonyl (C=O) groups excluding carboxylic acids is 1. The number of rotatable bonds is 1. The topological polar surface area (TPSA) is 41.6 Å². The van der Waals surface area contributed by atoms with Gasteiger partial charge < -0.3 is 15.0 Å². The molecule has 1 N–H and O–H groups in total. The summed E-state index contributed by atoms with van der Waals surface area (Å²) in [7, 11) is 1.94. The SMILES string of the molecule is CNC1CN(C(=O)OC(C)(C)C)CCc2ccc(I)cc21. The number of amides is 1. The quantitative estimate of drug-likeness (QED) is 0.733. The van der Waals surface area contributed by atoms with Gasteiger partial charge >= 0.3 is 6.09 Å². The number of carbonyl (C=O) groups is 1. The van der Waals surface area contributed by atoms with Crippen LogP contribution in [0.1, 0.15) is 37.9 Å². The van der Waals surface area contributed by atoms with E-state index in [9.17, 15) is 4.79 Å². The molecule has 1 aliphatic rings. The second-order valence-corrected chi connectivity index (χ2v) is 7.61. The maximum absolute atomic E-state index is 12.3. The summed E-state index contributed by atoms with van der Waals surface area (Å²) in [6.45, 7) is 7.03. The zero-order valence-electron chi connectivity index (χ0n) is 13.1. The van der Waals surface area contributed by atoms with Gasteiger partial charge in [-0.3, -0.25) is 0 Å². The van der Waals surface area contributed by atoms with Crippen molar-refractivity contribution in [3.05, 3.63) is 32.9 Å². The molecule has 0 fully saturated rings. The van der Waals surface area contributed by atoms with E-state index in [0.29, 0.717) is 13.1 Å². The monoisotopic (exact) mass is 402 g/mol. The fourth-order valence-electron chi connectivity index (χ4n) is 2.52. The summed E-state index contributed by atoms with van der Waals surface area (Å²) in [5.74, 6) is 0. The van der Waals surface area contributed by atoms with Gasteiger partial charge in [0.05, 0.1) is 6.04 Å². The highest BCUT2D eigenvalue weighted by molar-refractivity contribution is 14.1. The fraction of sp³-hybridized carbons (Fsp3) is 0.562. The Morgan fingerprint density at radius 3 is 2.76 bits per heavy atom. The van der Waals surface area contributed by atoms with Crippen LogP contribution in [0.4, 0.5) is 4.79 Å². The lowest BCUT2D eigenvalue weighted by molar-refractivity contribution is 0.0241. The fourth-order valence-corrected chi connectivity index (χ4v) is 3.04. The molecular formula is C16H23IN2O2. The Kier molecular flexibility index (Phi) is 5.14. The normalized spacial score (nSPS) is 18.9. The molecule has 0 aliphatic carbocycles. The van der Waals surface area contributed by atoms with Gasteiger partial charge in [-0.05, 0) is 80.1 Å².